The number of rotatable bonds is 4. The molecule has 0 saturated carbocycles. The molecule has 0 fully saturated rings. The van der Waals surface area contributed by atoms with Gasteiger partial charge in [0.1, 0.15) is 11.5 Å². The molecule has 5 nitrogen and oxygen atoms in total. The first-order valence-corrected chi connectivity index (χ1v) is 10.5. The number of hydrogen-bond acceptors (Lipinski definition) is 5. The van der Waals surface area contributed by atoms with Crippen LogP contribution >= 0.6 is 15.9 Å². The van der Waals surface area contributed by atoms with Crippen LogP contribution in [0.1, 0.15) is 33.9 Å². The van der Waals surface area contributed by atoms with Gasteiger partial charge in [-0.15, -0.1) is 0 Å². The zero-order chi connectivity index (χ0) is 20.7. The van der Waals surface area contributed by atoms with E-state index in [4.69, 9.17) is 14.6 Å². The first-order chi connectivity index (χ1) is 14.6. The second kappa shape index (κ2) is 7.61. The Balaban J connectivity index is 1.55. The Hall–Kier alpha value is -3.12. The van der Waals surface area contributed by atoms with Crippen molar-refractivity contribution >= 4 is 27.4 Å². The van der Waals surface area contributed by atoms with Crippen LogP contribution in [0.2, 0.25) is 0 Å². The van der Waals surface area contributed by atoms with Gasteiger partial charge in [-0.3, -0.25) is 4.79 Å². The Morgan fingerprint density at radius 2 is 1.87 bits per heavy atom. The van der Waals surface area contributed by atoms with Gasteiger partial charge in [0.15, 0.2) is 0 Å². The molecule has 5 rings (SSSR count). The summed E-state index contributed by atoms with van der Waals surface area (Å²) in [6, 6.07) is 23.0. The zero-order valence-corrected chi connectivity index (χ0v) is 17.9. The van der Waals surface area contributed by atoms with Crippen molar-refractivity contribution in [3.8, 4) is 11.5 Å². The van der Waals surface area contributed by atoms with Crippen LogP contribution in [0.3, 0.4) is 0 Å². The van der Waals surface area contributed by atoms with E-state index in [0.29, 0.717) is 17.7 Å². The first-order valence-electron chi connectivity index (χ1n) is 9.69. The molecular formula is C24H19BrN2O3. The number of carbonyl (C=O) groups excluding carboxylic acids is 1. The number of carbonyl (C=O) groups is 1. The van der Waals surface area contributed by atoms with E-state index in [2.05, 4.69) is 15.9 Å². The molecule has 150 valence electrons. The predicted molar refractivity (Wildman–Crippen MR) is 118 cm³/mol. The van der Waals surface area contributed by atoms with Crippen LogP contribution in [-0.2, 0) is 0 Å². The minimum absolute atomic E-state index is 0.0614. The quantitative estimate of drug-likeness (QED) is 0.499. The van der Waals surface area contributed by atoms with Crippen LogP contribution < -0.4 is 9.47 Å². The molecule has 2 atom stereocenters. The fourth-order valence-corrected chi connectivity index (χ4v) is 4.31. The standard InChI is InChI=1S/C24H19BrN2O3/c1-29-18-10-7-16(8-11-18)23(28)24-27-21(19-13-17(25)9-12-22(19)30-24)14-20(26-27)15-5-3-2-4-6-15/h2-13,21,24H,14H2,1H3. The number of ketones is 1. The molecule has 2 unspecified atom stereocenters. The Morgan fingerprint density at radius 1 is 1.10 bits per heavy atom. The van der Waals surface area contributed by atoms with Gasteiger partial charge in [0.25, 0.3) is 6.23 Å². The number of Topliss-reactive ketones (excluding diaryl/α,β-unsaturated/α-hetero) is 1. The highest BCUT2D eigenvalue weighted by Gasteiger charge is 2.43. The topological polar surface area (TPSA) is 51.1 Å². The summed E-state index contributed by atoms with van der Waals surface area (Å²) < 4.78 is 12.4. The van der Waals surface area contributed by atoms with Gasteiger partial charge in [0.2, 0.25) is 5.78 Å². The van der Waals surface area contributed by atoms with Gasteiger partial charge < -0.3 is 9.47 Å². The van der Waals surface area contributed by atoms with E-state index in [1.54, 1.807) is 31.4 Å². The molecule has 30 heavy (non-hydrogen) atoms. The van der Waals surface area contributed by atoms with Crippen molar-refractivity contribution in [3.63, 3.8) is 0 Å². The van der Waals surface area contributed by atoms with E-state index in [0.717, 1.165) is 27.1 Å². The molecular weight excluding hydrogens is 444 g/mol. The van der Waals surface area contributed by atoms with Crippen molar-refractivity contribution in [1.82, 2.24) is 5.01 Å². The maximum absolute atomic E-state index is 13.4. The summed E-state index contributed by atoms with van der Waals surface area (Å²) in [5.41, 5.74) is 3.59. The van der Waals surface area contributed by atoms with Crippen molar-refractivity contribution in [3.05, 3.63) is 94.0 Å². The van der Waals surface area contributed by atoms with Crippen LogP contribution in [0.4, 0.5) is 0 Å². The predicted octanol–water partition coefficient (Wildman–Crippen LogP) is 5.21. The van der Waals surface area contributed by atoms with Crippen molar-refractivity contribution in [2.24, 2.45) is 5.10 Å². The van der Waals surface area contributed by atoms with E-state index in [1.807, 2.05) is 53.5 Å². The van der Waals surface area contributed by atoms with E-state index < -0.39 is 6.23 Å². The summed E-state index contributed by atoms with van der Waals surface area (Å²) in [5.74, 6) is 1.29. The van der Waals surface area contributed by atoms with E-state index in [1.165, 1.54) is 0 Å². The number of hydrogen-bond donors (Lipinski definition) is 0. The lowest BCUT2D eigenvalue weighted by atomic mass is 9.96. The number of benzene rings is 3. The SMILES string of the molecule is COc1ccc(C(=O)C2Oc3ccc(Br)cc3C3CC(c4ccccc4)=NN23)cc1. The van der Waals surface area contributed by atoms with Gasteiger partial charge in [-0.25, -0.2) is 5.01 Å². The number of methoxy groups -OCH3 is 1. The molecule has 2 aliphatic heterocycles. The second-order valence-corrected chi connectivity index (χ2v) is 8.17. The van der Waals surface area contributed by atoms with Crippen LogP contribution in [0, 0.1) is 0 Å². The van der Waals surface area contributed by atoms with E-state index >= 15 is 0 Å². The number of fused-ring (bicyclic) bond motifs is 3. The lowest BCUT2D eigenvalue weighted by Gasteiger charge is -2.37. The van der Waals surface area contributed by atoms with Crippen LogP contribution in [0.25, 0.3) is 0 Å². The third-order valence-electron chi connectivity index (χ3n) is 5.46. The smallest absolute Gasteiger partial charge is 0.251 e. The summed E-state index contributed by atoms with van der Waals surface area (Å²) in [4.78, 5) is 13.4. The molecule has 0 radical (unpaired) electrons. The maximum Gasteiger partial charge on any atom is 0.251 e. The molecule has 0 saturated heterocycles. The summed E-state index contributed by atoms with van der Waals surface area (Å²) in [6.45, 7) is 0. The van der Waals surface area contributed by atoms with Gasteiger partial charge >= 0.3 is 0 Å². The summed E-state index contributed by atoms with van der Waals surface area (Å²) in [7, 11) is 1.60. The van der Waals surface area contributed by atoms with Gasteiger partial charge in [-0.05, 0) is 48.0 Å². The highest BCUT2D eigenvalue weighted by molar-refractivity contribution is 9.10. The van der Waals surface area contributed by atoms with Crippen molar-refractivity contribution in [2.75, 3.05) is 7.11 Å². The molecule has 0 aliphatic carbocycles. The maximum atomic E-state index is 13.4. The molecule has 6 heteroatoms. The molecule has 2 heterocycles. The minimum Gasteiger partial charge on any atom is -0.497 e. The number of ether oxygens (including phenoxy) is 2. The summed E-state index contributed by atoms with van der Waals surface area (Å²) in [5, 5.41) is 6.64. The lowest BCUT2D eigenvalue weighted by Crippen LogP contribution is -2.45. The van der Waals surface area contributed by atoms with Crippen LogP contribution in [0.5, 0.6) is 11.5 Å². The van der Waals surface area contributed by atoms with Crippen LogP contribution in [0.15, 0.2) is 82.4 Å². The largest absolute Gasteiger partial charge is 0.497 e. The normalized spacial score (nSPS) is 19.4. The number of hydrazone groups is 1. The molecule has 3 aromatic rings. The van der Waals surface area contributed by atoms with Gasteiger partial charge in [-0.1, -0.05) is 46.3 Å². The van der Waals surface area contributed by atoms with Crippen molar-refractivity contribution in [2.45, 2.75) is 18.7 Å². The molecule has 0 spiro atoms. The number of nitrogens with zero attached hydrogens (tertiary/aromatic N) is 2. The Morgan fingerprint density at radius 3 is 2.60 bits per heavy atom. The molecule has 0 amide bonds. The highest BCUT2D eigenvalue weighted by Crippen LogP contribution is 2.44. The Labute approximate surface area is 183 Å². The molecule has 0 bridgehead atoms. The Kier molecular flexibility index (Phi) is 4.79. The van der Waals surface area contributed by atoms with Crippen molar-refractivity contribution in [1.29, 1.82) is 0 Å². The third kappa shape index (κ3) is 3.27. The minimum atomic E-state index is -0.821. The van der Waals surface area contributed by atoms with Gasteiger partial charge in [-0.2, -0.15) is 5.10 Å². The number of halogens is 1. The van der Waals surface area contributed by atoms with E-state index in [9.17, 15) is 4.79 Å². The average Bonchev–Trinajstić information content (AvgIpc) is 3.25. The monoisotopic (exact) mass is 462 g/mol. The molecule has 2 aliphatic rings. The molecule has 0 N–H and O–H groups in total. The lowest BCUT2D eigenvalue weighted by molar-refractivity contribution is -0.00459. The first kappa shape index (κ1) is 18.9. The summed E-state index contributed by atoms with van der Waals surface area (Å²) in [6.07, 6.45) is -0.110. The van der Waals surface area contributed by atoms with Crippen LogP contribution in [-0.4, -0.2) is 29.8 Å². The van der Waals surface area contributed by atoms with Crippen molar-refractivity contribution < 1.29 is 14.3 Å². The fraction of sp³-hybridized carbons (Fsp3) is 0.167. The van der Waals surface area contributed by atoms with Gasteiger partial charge in [0.05, 0.1) is 18.9 Å². The Bertz CT molecular complexity index is 1130. The fourth-order valence-electron chi connectivity index (χ4n) is 3.93. The second-order valence-electron chi connectivity index (χ2n) is 7.26. The third-order valence-corrected chi connectivity index (χ3v) is 5.95. The highest BCUT2D eigenvalue weighted by atomic mass is 79.9. The molecule has 3 aromatic carbocycles. The van der Waals surface area contributed by atoms with Gasteiger partial charge in [0, 0.05) is 22.0 Å². The zero-order valence-electron chi connectivity index (χ0n) is 16.3. The average molecular weight is 463 g/mol. The molecule has 0 aromatic heterocycles. The van der Waals surface area contributed by atoms with E-state index in [-0.39, 0.29) is 11.8 Å². The summed E-state index contributed by atoms with van der Waals surface area (Å²) >= 11 is 3.55.